The number of ether oxygens (including phenoxy) is 11. The van der Waals surface area contributed by atoms with Gasteiger partial charge in [0.1, 0.15) is 98.2 Å². The largest absolute Gasteiger partial charge is 0.479 e. The summed E-state index contributed by atoms with van der Waals surface area (Å²) in [6.45, 7) is 13.9. The standard InChI is InChI=1S/C60H92O28/c1-11-24(2)49(76)88-47-46(73)60(23-81-25(3)62)27(18-55(47,4)5)26-12-13-31-56(6)16-15-34(59(9,54(77)78-10)32(56)14-17-57(31,7)58(26,8)19-33(60)65)83-53-45(87-51-40(71)38(69)37(68)30(20-61)82-51)42(41(72)43(85-53)48(74)75)84-52-44(36(67)29(64)22-80-52)86-50-39(70)35(66)28(63)21-79-50/h11-12,27-47,50-53,61,63-73H,13-23H2,1-10H3,(H,74,75)/b24-11-/t27-,28+,29-,30+,31+,32+,33+,34-,35-,36-,37-,38-,39+,40+,41-,42-,43-,44+,45+,46-,47-,50-,51-,52-,53+,56+,57+,58+,59-,60-/m0/s1. The number of aliphatic carboxylic acids is 1. The van der Waals surface area contributed by atoms with Crippen LogP contribution < -0.4 is 0 Å². The molecule has 5 aliphatic carbocycles. The number of methoxy groups -OCH3 is 1. The number of esters is 3. The van der Waals surface area contributed by atoms with Crippen molar-refractivity contribution in [2.75, 3.05) is 33.5 Å². The second kappa shape index (κ2) is 25.5. The van der Waals surface area contributed by atoms with Gasteiger partial charge in [-0.3, -0.25) is 9.59 Å². The number of hydrogen-bond donors (Lipinski definition) is 13. The van der Waals surface area contributed by atoms with Crippen LogP contribution in [0.15, 0.2) is 23.3 Å². The first kappa shape index (κ1) is 68.9. The Balaban J connectivity index is 1.07. The zero-order chi connectivity index (χ0) is 64.9. The molecule has 0 aromatic heterocycles. The van der Waals surface area contributed by atoms with Crippen LogP contribution in [-0.4, -0.2) is 259 Å². The maximum Gasteiger partial charge on any atom is 0.335 e. The Labute approximate surface area is 509 Å². The molecule has 88 heavy (non-hydrogen) atoms. The fourth-order valence-corrected chi connectivity index (χ4v) is 17.2. The Kier molecular flexibility index (Phi) is 19.9. The molecule has 30 atom stereocenters. The minimum atomic E-state index is -2.31. The van der Waals surface area contributed by atoms with Crippen LogP contribution >= 0.6 is 0 Å². The topological polar surface area (TPSA) is 433 Å². The van der Waals surface area contributed by atoms with Crippen molar-refractivity contribution in [3.05, 3.63) is 23.3 Å². The zero-order valence-corrected chi connectivity index (χ0v) is 51.3. The van der Waals surface area contributed by atoms with Crippen molar-refractivity contribution in [1.29, 1.82) is 0 Å². The number of allylic oxidation sites excluding steroid dienone is 3. The quantitative estimate of drug-likeness (QED) is 0.0276. The van der Waals surface area contributed by atoms with E-state index in [2.05, 4.69) is 26.8 Å². The van der Waals surface area contributed by atoms with Crippen molar-refractivity contribution in [3.63, 3.8) is 0 Å². The average molecular weight is 1260 g/mol. The van der Waals surface area contributed by atoms with Gasteiger partial charge in [-0.05, 0) is 99.7 Å². The lowest BCUT2D eigenvalue weighted by Crippen LogP contribution is -2.72. The summed E-state index contributed by atoms with van der Waals surface area (Å²) >= 11 is 0. The third-order valence-electron chi connectivity index (χ3n) is 22.5. The summed E-state index contributed by atoms with van der Waals surface area (Å²) in [7, 11) is 1.20. The molecule has 0 radical (unpaired) electrons. The molecule has 0 bridgehead atoms. The predicted molar refractivity (Wildman–Crippen MR) is 295 cm³/mol. The molecule has 4 saturated carbocycles. The molecule has 9 rings (SSSR count). The number of carbonyl (C=O) groups is 4. The zero-order valence-electron chi connectivity index (χ0n) is 51.3. The first-order valence-electron chi connectivity index (χ1n) is 30.4. The average Bonchev–Trinajstić information content (AvgIpc) is 0.672. The highest BCUT2D eigenvalue weighted by Crippen LogP contribution is 2.76. The molecule has 4 saturated heterocycles. The second-order valence-corrected chi connectivity index (χ2v) is 27.6. The number of rotatable bonds is 15. The minimum absolute atomic E-state index is 0.0385. The van der Waals surface area contributed by atoms with Crippen LogP contribution in [0.5, 0.6) is 0 Å². The summed E-state index contributed by atoms with van der Waals surface area (Å²) in [6.07, 6.45) is -34.4. The second-order valence-electron chi connectivity index (χ2n) is 27.6. The van der Waals surface area contributed by atoms with Crippen molar-refractivity contribution in [2.45, 2.75) is 242 Å². The van der Waals surface area contributed by atoms with Gasteiger partial charge in [-0.2, -0.15) is 0 Å². The van der Waals surface area contributed by atoms with Crippen molar-refractivity contribution in [3.8, 4) is 0 Å². The van der Waals surface area contributed by atoms with E-state index in [1.54, 1.807) is 26.8 Å². The molecule has 4 aliphatic heterocycles. The van der Waals surface area contributed by atoms with E-state index in [1.807, 2.05) is 13.8 Å². The fourth-order valence-electron chi connectivity index (χ4n) is 17.2. The maximum atomic E-state index is 15.0. The van der Waals surface area contributed by atoms with Gasteiger partial charge in [0.05, 0.1) is 50.0 Å². The molecule has 0 aromatic rings. The van der Waals surface area contributed by atoms with Crippen LogP contribution in [0.1, 0.15) is 107 Å². The number of carboxylic acids is 1. The van der Waals surface area contributed by atoms with E-state index in [4.69, 9.17) is 52.1 Å². The molecule has 28 nitrogen and oxygen atoms in total. The van der Waals surface area contributed by atoms with E-state index in [0.29, 0.717) is 37.7 Å². The molecular weight excluding hydrogens is 1170 g/mol. The molecule has 0 amide bonds. The van der Waals surface area contributed by atoms with Gasteiger partial charge in [-0.15, -0.1) is 0 Å². The first-order valence-corrected chi connectivity index (χ1v) is 30.4. The SMILES string of the molecule is C/C=C(/C)C(=O)O[C@H]1[C@H](O)[C@]2(COC(C)=O)[C@H](O)C[C@]3(C)C(=CC[C@@H]4[C@@]5(C)CC[C@H](O[C@@H]6O[C@H](C(=O)O)[C@@H](O)[C@H](O[C@@H]7OC[C@H](O)[C@H](O)[C@H]7O[C@@H]7OC[C@@H](O)[C@H](O)[C@H]7O)[C@H]6O[C@@H]6O[C@H](CO)[C@H](O)[C@H](O)[C@H]6O)[C@@](C)(C(=O)OC)[C@@H]5CC[C@]43C)[C@@H]2CC1(C)C. The Morgan fingerprint density at radius 2 is 1.31 bits per heavy atom. The summed E-state index contributed by atoms with van der Waals surface area (Å²) in [5, 5.41) is 145. The predicted octanol–water partition coefficient (Wildman–Crippen LogP) is -2.04. The summed E-state index contributed by atoms with van der Waals surface area (Å²) in [4.78, 5) is 54.2. The Hall–Kier alpha value is -3.44. The number of aliphatic hydroxyl groups is 12. The number of carboxylic acid groups (broad SMARTS) is 1. The highest BCUT2D eigenvalue weighted by atomic mass is 16.8. The number of aliphatic hydroxyl groups excluding tert-OH is 12. The Bertz CT molecular complexity index is 2620. The Morgan fingerprint density at radius 1 is 0.682 bits per heavy atom. The first-order chi connectivity index (χ1) is 41.1. The summed E-state index contributed by atoms with van der Waals surface area (Å²) in [5.74, 6) is -5.15. The van der Waals surface area contributed by atoms with E-state index >= 15 is 0 Å². The molecular formula is C60H92O28. The molecule has 500 valence electrons. The number of carbonyl (C=O) groups excluding carboxylic acids is 3. The van der Waals surface area contributed by atoms with Crippen LogP contribution in [-0.2, 0) is 71.3 Å². The monoisotopic (exact) mass is 1260 g/mol. The van der Waals surface area contributed by atoms with Gasteiger partial charge in [0.25, 0.3) is 0 Å². The lowest BCUT2D eigenvalue weighted by molar-refractivity contribution is -0.399. The summed E-state index contributed by atoms with van der Waals surface area (Å²) < 4.78 is 65.8. The van der Waals surface area contributed by atoms with E-state index < -0.39 is 223 Å². The highest BCUT2D eigenvalue weighted by Gasteiger charge is 2.75. The van der Waals surface area contributed by atoms with Gasteiger partial charge in [-0.25, -0.2) is 9.59 Å². The Morgan fingerprint density at radius 3 is 1.93 bits per heavy atom. The van der Waals surface area contributed by atoms with E-state index in [0.717, 1.165) is 5.57 Å². The smallest absolute Gasteiger partial charge is 0.335 e. The molecule has 0 unspecified atom stereocenters. The van der Waals surface area contributed by atoms with Crippen LogP contribution in [0.25, 0.3) is 0 Å². The maximum absolute atomic E-state index is 15.0. The van der Waals surface area contributed by atoms with Crippen LogP contribution in [0.2, 0.25) is 0 Å². The van der Waals surface area contributed by atoms with Gasteiger partial charge in [0.15, 0.2) is 31.3 Å². The molecule has 28 heteroatoms. The summed E-state index contributed by atoms with van der Waals surface area (Å²) in [5.41, 5.74) is -4.88. The van der Waals surface area contributed by atoms with Crippen molar-refractivity contribution >= 4 is 23.9 Å². The van der Waals surface area contributed by atoms with Gasteiger partial charge < -0.3 is 118 Å². The highest BCUT2D eigenvalue weighted by molar-refractivity contribution is 5.87. The van der Waals surface area contributed by atoms with Crippen LogP contribution in [0, 0.1) is 50.2 Å². The van der Waals surface area contributed by atoms with Gasteiger partial charge in [0.2, 0.25) is 0 Å². The van der Waals surface area contributed by atoms with E-state index in [1.165, 1.54) is 14.0 Å². The molecule has 9 aliphatic rings. The fraction of sp³-hybridized carbons (Fsp3) is 0.867. The van der Waals surface area contributed by atoms with Gasteiger partial charge in [0, 0.05) is 17.9 Å². The summed E-state index contributed by atoms with van der Waals surface area (Å²) in [6, 6.07) is 0. The molecule has 0 aromatic carbocycles. The van der Waals surface area contributed by atoms with Gasteiger partial charge in [-0.1, -0.05) is 52.3 Å². The third-order valence-corrected chi connectivity index (χ3v) is 22.5. The van der Waals surface area contributed by atoms with Crippen LogP contribution in [0.3, 0.4) is 0 Å². The lowest BCUT2D eigenvalue weighted by atomic mass is 9.33. The molecule has 4 heterocycles. The number of hydrogen-bond acceptors (Lipinski definition) is 27. The van der Waals surface area contributed by atoms with E-state index in [-0.39, 0.29) is 25.4 Å². The molecule has 13 N–H and O–H groups in total. The van der Waals surface area contributed by atoms with E-state index in [9.17, 15) is 85.6 Å². The molecule has 0 spiro atoms. The normalized spacial score (nSPS) is 50.2. The minimum Gasteiger partial charge on any atom is -0.479 e. The lowest BCUT2D eigenvalue weighted by Gasteiger charge is -2.72. The number of fused-ring (bicyclic) bond motifs is 7. The third kappa shape index (κ3) is 11.3. The van der Waals surface area contributed by atoms with Crippen molar-refractivity contribution in [1.82, 2.24) is 0 Å². The molecule has 8 fully saturated rings. The van der Waals surface area contributed by atoms with Crippen molar-refractivity contribution in [2.24, 2.45) is 50.2 Å². The van der Waals surface area contributed by atoms with Crippen molar-refractivity contribution < 1.29 is 138 Å². The van der Waals surface area contributed by atoms with Crippen LogP contribution in [0.4, 0.5) is 0 Å². The van der Waals surface area contributed by atoms with Gasteiger partial charge >= 0.3 is 23.9 Å².